The molecule has 2 aromatic carbocycles. The predicted molar refractivity (Wildman–Crippen MR) is 140 cm³/mol. The van der Waals surface area contributed by atoms with Gasteiger partial charge in [-0.25, -0.2) is 4.79 Å². The molecule has 4 rings (SSSR count). The van der Waals surface area contributed by atoms with E-state index in [1.165, 1.54) is 0 Å². The van der Waals surface area contributed by atoms with Crippen LogP contribution in [-0.2, 0) is 17.8 Å². The number of fused-ring (bicyclic) bond motifs is 1. The summed E-state index contributed by atoms with van der Waals surface area (Å²) in [5, 5.41) is 9.47. The zero-order chi connectivity index (χ0) is 25.3. The van der Waals surface area contributed by atoms with Gasteiger partial charge in [0.15, 0.2) is 5.78 Å². The summed E-state index contributed by atoms with van der Waals surface area (Å²) in [4.78, 5) is 27.4. The number of para-hydroxylation sites is 1. The first-order chi connectivity index (χ1) is 16.5. The van der Waals surface area contributed by atoms with Gasteiger partial charge in [0, 0.05) is 29.7 Å². The quantitative estimate of drug-likeness (QED) is 0.396. The SMILES string of the molecule is CC(C)(C)OC(=O)N1CCCC(Cn2c(=N)n(CC(=O)c3ccc(Br)cc3)c3cccc(Cl)c32)C1. The molecule has 0 aliphatic carbocycles. The number of ether oxygens (including phenoxy) is 1. The highest BCUT2D eigenvalue weighted by Crippen LogP contribution is 2.26. The number of Topliss-reactive ketones (excluding diaryl/α,β-unsaturated/α-hetero) is 1. The van der Waals surface area contributed by atoms with Gasteiger partial charge in [-0.05, 0) is 63.8 Å². The van der Waals surface area contributed by atoms with E-state index in [4.69, 9.17) is 21.7 Å². The molecule has 1 saturated heterocycles. The van der Waals surface area contributed by atoms with Crippen molar-refractivity contribution in [3.05, 3.63) is 63.1 Å². The highest BCUT2D eigenvalue weighted by molar-refractivity contribution is 9.10. The topological polar surface area (TPSA) is 80.3 Å². The van der Waals surface area contributed by atoms with Crippen LogP contribution >= 0.6 is 27.5 Å². The number of rotatable bonds is 5. The van der Waals surface area contributed by atoms with Crippen LogP contribution < -0.4 is 5.62 Å². The molecule has 186 valence electrons. The molecule has 1 fully saturated rings. The third-order valence-corrected chi connectivity index (χ3v) is 6.95. The first-order valence-corrected chi connectivity index (χ1v) is 12.9. The van der Waals surface area contributed by atoms with E-state index in [9.17, 15) is 9.59 Å². The fraction of sp³-hybridized carbons (Fsp3) is 0.423. The number of aromatic nitrogens is 2. The maximum absolute atomic E-state index is 13.0. The van der Waals surface area contributed by atoms with Gasteiger partial charge in [-0.1, -0.05) is 45.7 Å². The number of likely N-dealkylation sites (tertiary alicyclic amines) is 1. The van der Waals surface area contributed by atoms with Crippen LogP contribution in [0.25, 0.3) is 11.0 Å². The number of ketones is 1. The Morgan fingerprint density at radius 1 is 1.14 bits per heavy atom. The van der Waals surface area contributed by atoms with E-state index in [2.05, 4.69) is 15.9 Å². The van der Waals surface area contributed by atoms with Crippen LogP contribution in [0.5, 0.6) is 0 Å². The highest BCUT2D eigenvalue weighted by atomic mass is 79.9. The molecule has 1 amide bonds. The van der Waals surface area contributed by atoms with Gasteiger partial charge >= 0.3 is 6.09 Å². The van der Waals surface area contributed by atoms with Gasteiger partial charge in [0.25, 0.3) is 0 Å². The van der Waals surface area contributed by atoms with Crippen molar-refractivity contribution in [1.82, 2.24) is 14.0 Å². The lowest BCUT2D eigenvalue weighted by Crippen LogP contribution is -2.44. The molecule has 0 radical (unpaired) electrons. The minimum Gasteiger partial charge on any atom is -0.444 e. The second-order valence-corrected chi connectivity index (χ2v) is 11.3. The summed E-state index contributed by atoms with van der Waals surface area (Å²) in [5.41, 5.74) is 1.73. The lowest BCUT2D eigenvalue weighted by atomic mass is 9.98. The lowest BCUT2D eigenvalue weighted by Gasteiger charge is -2.34. The molecule has 1 unspecified atom stereocenters. The molecule has 1 N–H and O–H groups in total. The average molecular weight is 562 g/mol. The number of imidazole rings is 1. The average Bonchev–Trinajstić information content (AvgIpc) is 3.05. The molecule has 9 heteroatoms. The van der Waals surface area contributed by atoms with Crippen LogP contribution in [0.2, 0.25) is 5.02 Å². The van der Waals surface area contributed by atoms with Gasteiger partial charge in [0.2, 0.25) is 5.62 Å². The maximum Gasteiger partial charge on any atom is 0.410 e. The molecule has 0 bridgehead atoms. The summed E-state index contributed by atoms with van der Waals surface area (Å²) in [6.07, 6.45) is 1.49. The van der Waals surface area contributed by atoms with E-state index < -0.39 is 5.60 Å². The van der Waals surface area contributed by atoms with Crippen LogP contribution in [0.1, 0.15) is 44.0 Å². The second kappa shape index (κ2) is 10.2. The number of hydrogen-bond acceptors (Lipinski definition) is 4. The summed E-state index contributed by atoms with van der Waals surface area (Å²) in [6.45, 7) is 7.37. The molecule has 1 aromatic heterocycles. The molecular formula is C26H30BrClN4O3. The van der Waals surface area contributed by atoms with E-state index >= 15 is 0 Å². The number of amides is 1. The number of benzene rings is 2. The number of hydrogen-bond donors (Lipinski definition) is 1. The fourth-order valence-corrected chi connectivity index (χ4v) is 5.06. The summed E-state index contributed by atoms with van der Waals surface area (Å²) in [7, 11) is 0. The van der Waals surface area contributed by atoms with Gasteiger partial charge in [-0.2, -0.15) is 0 Å². The minimum absolute atomic E-state index is 0.0407. The number of halogens is 2. The van der Waals surface area contributed by atoms with Crippen molar-refractivity contribution in [3.63, 3.8) is 0 Å². The predicted octanol–water partition coefficient (Wildman–Crippen LogP) is 5.87. The Morgan fingerprint density at radius 2 is 1.86 bits per heavy atom. The summed E-state index contributed by atoms with van der Waals surface area (Å²) < 4.78 is 10.0. The Hall–Kier alpha value is -2.58. The van der Waals surface area contributed by atoms with E-state index in [1.807, 2.05) is 49.6 Å². The number of carbonyl (C=O) groups excluding carboxylic acids is 2. The monoisotopic (exact) mass is 560 g/mol. The Bertz CT molecular complexity index is 1310. The standard InChI is InChI=1S/C26H30BrClN4O3/c1-26(2,3)35-25(34)30-13-5-6-17(14-30)15-32-23-20(28)7-4-8-21(23)31(24(32)29)16-22(33)18-9-11-19(27)12-10-18/h4,7-12,17,29H,5-6,13-16H2,1-3H3. The molecule has 1 atom stereocenters. The highest BCUT2D eigenvalue weighted by Gasteiger charge is 2.29. The first-order valence-electron chi connectivity index (χ1n) is 11.7. The van der Waals surface area contributed by atoms with E-state index in [-0.39, 0.29) is 30.0 Å². The Morgan fingerprint density at radius 3 is 2.54 bits per heavy atom. The van der Waals surface area contributed by atoms with Gasteiger partial charge in [0.05, 0.1) is 22.6 Å². The van der Waals surface area contributed by atoms with Crippen LogP contribution in [0.4, 0.5) is 4.79 Å². The molecule has 7 nitrogen and oxygen atoms in total. The number of carbonyl (C=O) groups is 2. The van der Waals surface area contributed by atoms with Crippen molar-refractivity contribution in [1.29, 1.82) is 5.41 Å². The molecule has 2 heterocycles. The summed E-state index contributed by atoms with van der Waals surface area (Å²) in [6, 6.07) is 12.7. The maximum atomic E-state index is 13.0. The molecule has 0 saturated carbocycles. The molecule has 0 spiro atoms. The van der Waals surface area contributed by atoms with Gasteiger partial charge in [-0.3, -0.25) is 10.2 Å². The summed E-state index contributed by atoms with van der Waals surface area (Å²) in [5.74, 6) is 0.0617. The number of piperidine rings is 1. The smallest absolute Gasteiger partial charge is 0.410 e. The largest absolute Gasteiger partial charge is 0.444 e. The fourth-order valence-electron chi connectivity index (χ4n) is 4.53. The van der Waals surface area contributed by atoms with Crippen molar-refractivity contribution in [2.75, 3.05) is 13.1 Å². The van der Waals surface area contributed by atoms with Crippen LogP contribution in [0.15, 0.2) is 46.9 Å². The zero-order valence-corrected chi connectivity index (χ0v) is 22.5. The van der Waals surface area contributed by atoms with E-state index in [0.29, 0.717) is 30.2 Å². The Balaban J connectivity index is 1.61. The van der Waals surface area contributed by atoms with Gasteiger partial charge < -0.3 is 18.8 Å². The van der Waals surface area contributed by atoms with Gasteiger partial charge in [0.1, 0.15) is 5.60 Å². The third kappa shape index (κ3) is 5.81. The summed E-state index contributed by atoms with van der Waals surface area (Å²) >= 11 is 9.99. The van der Waals surface area contributed by atoms with Crippen LogP contribution in [0.3, 0.4) is 0 Å². The molecular weight excluding hydrogens is 532 g/mol. The Kier molecular flexibility index (Phi) is 7.43. The zero-order valence-electron chi connectivity index (χ0n) is 20.2. The first kappa shape index (κ1) is 25.5. The van der Waals surface area contributed by atoms with Crippen molar-refractivity contribution >= 4 is 50.4 Å². The van der Waals surface area contributed by atoms with Crippen molar-refractivity contribution in [2.45, 2.75) is 52.3 Å². The normalized spacial score (nSPS) is 16.5. The molecule has 35 heavy (non-hydrogen) atoms. The Labute approximate surface area is 218 Å². The van der Waals surface area contributed by atoms with E-state index in [0.717, 1.165) is 28.3 Å². The van der Waals surface area contributed by atoms with E-state index in [1.54, 1.807) is 27.7 Å². The molecule has 3 aromatic rings. The minimum atomic E-state index is -0.546. The van der Waals surface area contributed by atoms with Crippen molar-refractivity contribution < 1.29 is 14.3 Å². The van der Waals surface area contributed by atoms with Gasteiger partial charge in [-0.15, -0.1) is 0 Å². The van der Waals surface area contributed by atoms with Crippen LogP contribution in [0, 0.1) is 11.3 Å². The third-order valence-electron chi connectivity index (χ3n) is 6.12. The van der Waals surface area contributed by atoms with Crippen LogP contribution in [-0.4, -0.2) is 44.6 Å². The number of nitrogens with zero attached hydrogens (tertiary/aromatic N) is 3. The molecule has 1 aliphatic heterocycles. The van der Waals surface area contributed by atoms with Crippen molar-refractivity contribution in [3.8, 4) is 0 Å². The number of nitrogens with one attached hydrogen (secondary N) is 1. The molecule has 1 aliphatic rings. The second-order valence-electron chi connectivity index (χ2n) is 9.99. The van der Waals surface area contributed by atoms with Crippen molar-refractivity contribution in [2.24, 2.45) is 5.92 Å². The lowest BCUT2D eigenvalue weighted by molar-refractivity contribution is 0.0157.